The molecule has 0 saturated carbocycles. The normalized spacial score (nSPS) is 16.6. The summed E-state index contributed by atoms with van der Waals surface area (Å²) in [5.41, 5.74) is 0.453. The minimum Gasteiger partial charge on any atom is -0.454 e. The molecule has 18 heavy (non-hydrogen) atoms. The van der Waals surface area contributed by atoms with Crippen LogP contribution in [-0.4, -0.2) is 36.1 Å². The van der Waals surface area contributed by atoms with Crippen molar-refractivity contribution in [3.05, 3.63) is 23.8 Å². The summed E-state index contributed by atoms with van der Waals surface area (Å²) in [5.74, 6) is 2.32. The molecule has 0 aromatic heterocycles. The highest BCUT2D eigenvalue weighted by atomic mass is 32.2. The SMILES string of the molecule is CSCC(C)(O)CNCc1ccc2c(c1)OCO2. The topological polar surface area (TPSA) is 50.7 Å². The Labute approximate surface area is 112 Å². The van der Waals surface area contributed by atoms with Gasteiger partial charge in [-0.25, -0.2) is 0 Å². The Hall–Kier alpha value is -0.910. The van der Waals surface area contributed by atoms with E-state index in [1.807, 2.05) is 31.4 Å². The standard InChI is InChI=1S/C13H19NO3S/c1-13(15,8-18-2)7-14-6-10-3-4-11-12(5-10)17-9-16-11/h3-5,14-15H,6-9H2,1-2H3. The molecule has 0 bridgehead atoms. The van der Waals surface area contributed by atoms with Crippen LogP contribution in [0.4, 0.5) is 0 Å². The maximum atomic E-state index is 10.0. The van der Waals surface area contributed by atoms with Gasteiger partial charge in [0.1, 0.15) is 0 Å². The third-order valence-electron chi connectivity index (χ3n) is 2.73. The maximum absolute atomic E-state index is 10.0. The minimum absolute atomic E-state index is 0.300. The zero-order chi connectivity index (χ0) is 13.0. The lowest BCUT2D eigenvalue weighted by molar-refractivity contribution is 0.0846. The summed E-state index contributed by atoms with van der Waals surface area (Å²) in [5, 5.41) is 13.3. The molecule has 0 amide bonds. The van der Waals surface area contributed by atoms with Crippen molar-refractivity contribution in [2.24, 2.45) is 0 Å². The molecule has 1 unspecified atom stereocenters. The maximum Gasteiger partial charge on any atom is 0.231 e. The number of hydrogen-bond donors (Lipinski definition) is 2. The molecular formula is C13H19NO3S. The van der Waals surface area contributed by atoms with Crippen molar-refractivity contribution in [1.82, 2.24) is 5.32 Å². The van der Waals surface area contributed by atoms with Crippen LogP contribution in [0.25, 0.3) is 0 Å². The number of fused-ring (bicyclic) bond motifs is 1. The van der Waals surface area contributed by atoms with E-state index in [9.17, 15) is 5.11 Å². The van der Waals surface area contributed by atoms with Crippen LogP contribution in [0, 0.1) is 0 Å². The number of benzene rings is 1. The average Bonchev–Trinajstić information content (AvgIpc) is 2.75. The van der Waals surface area contributed by atoms with E-state index < -0.39 is 5.60 Å². The third kappa shape index (κ3) is 3.54. The van der Waals surface area contributed by atoms with Crippen molar-refractivity contribution in [2.75, 3.05) is 25.3 Å². The molecule has 1 aliphatic heterocycles. The molecule has 5 heteroatoms. The van der Waals surface area contributed by atoms with Crippen molar-refractivity contribution in [3.63, 3.8) is 0 Å². The van der Waals surface area contributed by atoms with Gasteiger partial charge in [0.2, 0.25) is 6.79 Å². The van der Waals surface area contributed by atoms with Crippen molar-refractivity contribution >= 4 is 11.8 Å². The van der Waals surface area contributed by atoms with Gasteiger partial charge in [0, 0.05) is 18.8 Å². The number of hydrogen-bond acceptors (Lipinski definition) is 5. The molecule has 1 heterocycles. The fourth-order valence-corrected chi connectivity index (χ4v) is 2.61. The van der Waals surface area contributed by atoms with E-state index >= 15 is 0 Å². The molecule has 0 radical (unpaired) electrons. The van der Waals surface area contributed by atoms with Crippen molar-refractivity contribution < 1.29 is 14.6 Å². The van der Waals surface area contributed by atoms with Gasteiger partial charge in [0.25, 0.3) is 0 Å². The van der Waals surface area contributed by atoms with Gasteiger partial charge in [-0.3, -0.25) is 0 Å². The molecule has 2 rings (SSSR count). The van der Waals surface area contributed by atoms with Crippen LogP contribution in [-0.2, 0) is 6.54 Å². The number of aliphatic hydroxyl groups is 1. The van der Waals surface area contributed by atoms with Gasteiger partial charge in [-0.2, -0.15) is 11.8 Å². The van der Waals surface area contributed by atoms with E-state index in [0.717, 1.165) is 22.8 Å². The Balaban J connectivity index is 1.84. The molecule has 0 spiro atoms. The molecule has 0 fully saturated rings. The van der Waals surface area contributed by atoms with E-state index in [0.29, 0.717) is 19.9 Å². The van der Waals surface area contributed by atoms with Crippen LogP contribution in [0.3, 0.4) is 0 Å². The highest BCUT2D eigenvalue weighted by molar-refractivity contribution is 7.98. The summed E-state index contributed by atoms with van der Waals surface area (Å²) in [6.45, 7) is 3.42. The van der Waals surface area contributed by atoms with Gasteiger partial charge in [-0.15, -0.1) is 0 Å². The van der Waals surface area contributed by atoms with Gasteiger partial charge < -0.3 is 19.9 Å². The van der Waals surface area contributed by atoms with E-state index in [2.05, 4.69) is 5.32 Å². The molecular weight excluding hydrogens is 250 g/mol. The van der Waals surface area contributed by atoms with Gasteiger partial charge in [0.05, 0.1) is 5.60 Å². The number of thioether (sulfide) groups is 1. The highest BCUT2D eigenvalue weighted by Gasteiger charge is 2.19. The van der Waals surface area contributed by atoms with Crippen LogP contribution in [0.5, 0.6) is 11.5 Å². The second kappa shape index (κ2) is 5.82. The van der Waals surface area contributed by atoms with Gasteiger partial charge in [-0.05, 0) is 30.9 Å². The first-order chi connectivity index (χ1) is 8.61. The number of ether oxygens (including phenoxy) is 2. The molecule has 0 aliphatic carbocycles. The summed E-state index contributed by atoms with van der Waals surface area (Å²) < 4.78 is 10.6. The molecule has 1 aliphatic rings. The fourth-order valence-electron chi connectivity index (χ4n) is 1.89. The second-order valence-corrected chi connectivity index (χ2v) is 5.59. The van der Waals surface area contributed by atoms with E-state index in [1.165, 1.54) is 0 Å². The van der Waals surface area contributed by atoms with Gasteiger partial charge in [-0.1, -0.05) is 6.07 Å². The van der Waals surface area contributed by atoms with E-state index in [1.54, 1.807) is 11.8 Å². The van der Waals surface area contributed by atoms with Crippen molar-refractivity contribution in [2.45, 2.75) is 19.1 Å². The third-order valence-corrected chi connectivity index (χ3v) is 3.64. The first-order valence-electron chi connectivity index (χ1n) is 5.91. The predicted molar refractivity (Wildman–Crippen MR) is 73.3 cm³/mol. The Morgan fingerprint density at radius 1 is 1.39 bits per heavy atom. The first-order valence-corrected chi connectivity index (χ1v) is 7.31. The number of rotatable bonds is 6. The second-order valence-electron chi connectivity index (χ2n) is 4.72. The lowest BCUT2D eigenvalue weighted by atomic mass is 10.1. The fraction of sp³-hybridized carbons (Fsp3) is 0.538. The summed E-state index contributed by atoms with van der Waals surface area (Å²) in [6.07, 6.45) is 1.99. The Morgan fingerprint density at radius 3 is 2.94 bits per heavy atom. The zero-order valence-electron chi connectivity index (χ0n) is 10.7. The van der Waals surface area contributed by atoms with Gasteiger partial charge in [0.15, 0.2) is 11.5 Å². The predicted octanol–water partition coefficient (Wildman–Crippen LogP) is 1.62. The lowest BCUT2D eigenvalue weighted by Gasteiger charge is -2.22. The van der Waals surface area contributed by atoms with E-state index in [-0.39, 0.29) is 0 Å². The molecule has 0 saturated heterocycles. The molecule has 1 atom stereocenters. The Morgan fingerprint density at radius 2 is 2.17 bits per heavy atom. The van der Waals surface area contributed by atoms with Crippen molar-refractivity contribution in [1.29, 1.82) is 0 Å². The lowest BCUT2D eigenvalue weighted by Crippen LogP contribution is -2.39. The summed E-state index contributed by atoms with van der Waals surface area (Å²) in [6, 6.07) is 5.89. The Bertz CT molecular complexity index is 409. The smallest absolute Gasteiger partial charge is 0.231 e. The summed E-state index contributed by atoms with van der Waals surface area (Å²) in [7, 11) is 0. The number of nitrogens with one attached hydrogen (secondary N) is 1. The minimum atomic E-state index is -0.671. The van der Waals surface area contributed by atoms with Crippen LogP contribution in [0.1, 0.15) is 12.5 Å². The summed E-state index contributed by atoms with van der Waals surface area (Å²) >= 11 is 1.64. The molecule has 100 valence electrons. The molecule has 1 aromatic carbocycles. The van der Waals surface area contributed by atoms with E-state index in [4.69, 9.17) is 9.47 Å². The molecule has 4 nitrogen and oxygen atoms in total. The zero-order valence-corrected chi connectivity index (χ0v) is 11.5. The van der Waals surface area contributed by atoms with Crippen LogP contribution < -0.4 is 14.8 Å². The average molecular weight is 269 g/mol. The van der Waals surface area contributed by atoms with Gasteiger partial charge >= 0.3 is 0 Å². The first kappa shape index (κ1) is 13.5. The van der Waals surface area contributed by atoms with Crippen LogP contribution in [0.15, 0.2) is 18.2 Å². The quantitative estimate of drug-likeness (QED) is 0.822. The molecule has 2 N–H and O–H groups in total. The largest absolute Gasteiger partial charge is 0.454 e. The summed E-state index contributed by atoms with van der Waals surface area (Å²) in [4.78, 5) is 0. The van der Waals surface area contributed by atoms with Crippen LogP contribution in [0.2, 0.25) is 0 Å². The monoisotopic (exact) mass is 269 g/mol. The Kier molecular flexibility index (Phi) is 4.37. The highest BCUT2D eigenvalue weighted by Crippen LogP contribution is 2.32. The van der Waals surface area contributed by atoms with Crippen molar-refractivity contribution in [3.8, 4) is 11.5 Å². The van der Waals surface area contributed by atoms with Crippen LogP contribution >= 0.6 is 11.8 Å². The molecule has 1 aromatic rings.